The van der Waals surface area contributed by atoms with Gasteiger partial charge in [0.25, 0.3) is 0 Å². The van der Waals surface area contributed by atoms with E-state index in [9.17, 15) is 0 Å². The van der Waals surface area contributed by atoms with Crippen molar-refractivity contribution in [1.29, 1.82) is 0 Å². The van der Waals surface area contributed by atoms with Gasteiger partial charge in [-0.1, -0.05) is 6.92 Å². The van der Waals surface area contributed by atoms with Gasteiger partial charge >= 0.3 is 8.56 Å². The molecule has 0 radical (unpaired) electrons. The maximum atomic E-state index is 6.06. The van der Waals surface area contributed by atoms with Gasteiger partial charge in [-0.3, -0.25) is 0 Å². The van der Waals surface area contributed by atoms with E-state index in [1.54, 1.807) is 0 Å². The van der Waals surface area contributed by atoms with Gasteiger partial charge in [0.05, 0.1) is 0 Å². The van der Waals surface area contributed by atoms with Crippen molar-refractivity contribution in [2.75, 3.05) is 19.8 Å². The van der Waals surface area contributed by atoms with Crippen LogP contribution in [0.3, 0.4) is 0 Å². The van der Waals surface area contributed by atoms with E-state index in [2.05, 4.69) is 6.92 Å². The normalized spacial score (nSPS) is 16.1. The summed E-state index contributed by atoms with van der Waals surface area (Å²) < 4.78 is 12.0. The molecule has 2 unspecified atom stereocenters. The zero-order valence-electron chi connectivity index (χ0n) is 11.2. The second-order valence-corrected chi connectivity index (χ2v) is 7.72. The zero-order chi connectivity index (χ0) is 12.6. The number of rotatable bonds is 9. The lowest BCUT2D eigenvalue weighted by atomic mass is 10.2. The van der Waals surface area contributed by atoms with Crippen molar-refractivity contribution in [2.45, 2.75) is 51.7 Å². The van der Waals surface area contributed by atoms with Crippen LogP contribution in [-0.4, -0.2) is 34.4 Å². The monoisotopic (exact) mass is 248 g/mol. The Hall–Kier alpha value is 0.0569. The minimum absolute atomic E-state index is 0.0771. The van der Waals surface area contributed by atoms with Gasteiger partial charge in [0, 0.05) is 24.8 Å². The van der Waals surface area contributed by atoms with Crippen LogP contribution in [0.1, 0.15) is 34.1 Å². The van der Waals surface area contributed by atoms with Crippen LogP contribution in [0.5, 0.6) is 0 Å². The Morgan fingerprint density at radius 1 is 1.12 bits per heavy atom. The Morgan fingerprint density at radius 2 is 1.62 bits per heavy atom. The van der Waals surface area contributed by atoms with E-state index in [0.717, 1.165) is 12.5 Å². The molecule has 0 saturated carbocycles. The Bertz CT molecular complexity index is 173. The largest absolute Gasteiger partial charge is 0.394 e. The number of hydrogen-bond donors (Lipinski definition) is 2. The second-order valence-electron chi connectivity index (χ2n) is 4.07. The van der Waals surface area contributed by atoms with Crippen molar-refractivity contribution in [2.24, 2.45) is 11.5 Å². The highest BCUT2D eigenvalue weighted by atomic mass is 28.4. The average molecular weight is 248 g/mol. The molecule has 0 aromatic heterocycles. The van der Waals surface area contributed by atoms with Crippen LogP contribution >= 0.6 is 0 Å². The first kappa shape index (κ1) is 16.1. The molecule has 0 saturated heterocycles. The summed E-state index contributed by atoms with van der Waals surface area (Å²) in [6.07, 6.45) is 0.887. The summed E-state index contributed by atoms with van der Waals surface area (Å²) in [5.74, 6) is 0. The average Bonchev–Trinajstić information content (AvgIpc) is 2.25. The molecule has 0 aromatic carbocycles. The predicted molar refractivity (Wildman–Crippen MR) is 70.6 cm³/mol. The van der Waals surface area contributed by atoms with Crippen LogP contribution in [-0.2, 0) is 8.85 Å². The van der Waals surface area contributed by atoms with Crippen molar-refractivity contribution in [3.05, 3.63) is 0 Å². The molecule has 4 nitrogen and oxygen atoms in total. The molecule has 0 heterocycles. The van der Waals surface area contributed by atoms with E-state index in [-0.39, 0.29) is 11.6 Å². The molecule has 0 aliphatic carbocycles. The van der Waals surface area contributed by atoms with E-state index in [1.165, 1.54) is 0 Å². The highest BCUT2D eigenvalue weighted by Crippen LogP contribution is 2.33. The van der Waals surface area contributed by atoms with E-state index in [1.807, 2.05) is 20.8 Å². The quantitative estimate of drug-likeness (QED) is 0.608. The summed E-state index contributed by atoms with van der Waals surface area (Å²) in [4.78, 5) is 0. The van der Waals surface area contributed by atoms with Gasteiger partial charge in [0.2, 0.25) is 0 Å². The SMILES string of the molecule is CCO[Si](CC)(OCC)C(CCN)C(C)N. The lowest BCUT2D eigenvalue weighted by Gasteiger charge is -2.38. The van der Waals surface area contributed by atoms with E-state index < -0.39 is 8.56 Å². The maximum absolute atomic E-state index is 6.06. The molecule has 0 aliphatic heterocycles. The molecule has 0 rings (SSSR count). The minimum atomic E-state index is -2.19. The van der Waals surface area contributed by atoms with Gasteiger partial charge in [0.1, 0.15) is 0 Å². The molecule has 2 atom stereocenters. The summed E-state index contributed by atoms with van der Waals surface area (Å²) >= 11 is 0. The van der Waals surface area contributed by atoms with Crippen molar-refractivity contribution in [1.82, 2.24) is 0 Å². The molecular formula is C11H28N2O2Si. The molecule has 16 heavy (non-hydrogen) atoms. The molecular weight excluding hydrogens is 220 g/mol. The van der Waals surface area contributed by atoms with Gasteiger partial charge in [-0.15, -0.1) is 0 Å². The van der Waals surface area contributed by atoms with Crippen molar-refractivity contribution in [3.63, 3.8) is 0 Å². The molecule has 98 valence electrons. The van der Waals surface area contributed by atoms with Crippen LogP contribution in [0.4, 0.5) is 0 Å². The van der Waals surface area contributed by atoms with E-state index in [0.29, 0.717) is 19.8 Å². The van der Waals surface area contributed by atoms with Gasteiger partial charge in [-0.2, -0.15) is 0 Å². The Morgan fingerprint density at radius 3 is 1.88 bits per heavy atom. The molecule has 0 aliphatic rings. The Balaban J connectivity index is 4.89. The first-order valence-corrected chi connectivity index (χ1v) is 8.41. The molecule has 0 amide bonds. The molecule has 0 spiro atoms. The molecule has 4 N–H and O–H groups in total. The first-order valence-electron chi connectivity index (χ1n) is 6.31. The van der Waals surface area contributed by atoms with Crippen molar-refractivity contribution in [3.8, 4) is 0 Å². The standard InChI is InChI=1S/C11H28N2O2Si/c1-5-14-16(7-3,15-6-2)11(8-9-12)10(4)13/h10-11H,5-9,12-13H2,1-4H3. The molecule has 0 bridgehead atoms. The third-order valence-electron chi connectivity index (χ3n) is 2.95. The lowest BCUT2D eigenvalue weighted by Crippen LogP contribution is -2.52. The third-order valence-corrected chi connectivity index (χ3v) is 7.43. The lowest BCUT2D eigenvalue weighted by molar-refractivity contribution is 0.167. The topological polar surface area (TPSA) is 70.5 Å². The highest BCUT2D eigenvalue weighted by molar-refractivity contribution is 6.69. The second kappa shape index (κ2) is 8.19. The third kappa shape index (κ3) is 4.14. The number of hydrogen-bond acceptors (Lipinski definition) is 4. The summed E-state index contributed by atoms with van der Waals surface area (Å²) in [6.45, 7) is 10.2. The fourth-order valence-electron chi connectivity index (χ4n) is 2.27. The summed E-state index contributed by atoms with van der Waals surface area (Å²) in [6, 6.07) is 1.01. The van der Waals surface area contributed by atoms with Gasteiger partial charge < -0.3 is 20.3 Å². The minimum Gasteiger partial charge on any atom is -0.394 e. The fourth-order valence-corrected chi connectivity index (χ4v) is 6.10. The Labute approximate surface area is 101 Å². The maximum Gasteiger partial charge on any atom is 0.342 e. The molecule has 0 aromatic rings. The summed E-state index contributed by atoms with van der Waals surface area (Å²) in [5.41, 5.74) is 12.0. The smallest absolute Gasteiger partial charge is 0.342 e. The highest BCUT2D eigenvalue weighted by Gasteiger charge is 2.45. The van der Waals surface area contributed by atoms with Gasteiger partial charge in [-0.05, 0) is 39.8 Å². The van der Waals surface area contributed by atoms with Crippen molar-refractivity contribution < 1.29 is 8.85 Å². The van der Waals surface area contributed by atoms with Crippen LogP contribution in [0, 0.1) is 0 Å². The van der Waals surface area contributed by atoms with E-state index in [4.69, 9.17) is 20.3 Å². The van der Waals surface area contributed by atoms with Gasteiger partial charge in [0.15, 0.2) is 0 Å². The first-order chi connectivity index (χ1) is 7.57. The van der Waals surface area contributed by atoms with Crippen LogP contribution in [0.15, 0.2) is 0 Å². The summed E-state index contributed by atoms with van der Waals surface area (Å²) in [5, 5.41) is 0. The predicted octanol–water partition coefficient (Wildman–Crippen LogP) is 1.59. The molecule has 0 fully saturated rings. The summed E-state index contributed by atoms with van der Waals surface area (Å²) in [7, 11) is -2.19. The Kier molecular flexibility index (Phi) is 8.22. The zero-order valence-corrected chi connectivity index (χ0v) is 12.2. The van der Waals surface area contributed by atoms with Crippen LogP contribution in [0.25, 0.3) is 0 Å². The van der Waals surface area contributed by atoms with Gasteiger partial charge in [-0.25, -0.2) is 0 Å². The van der Waals surface area contributed by atoms with Crippen LogP contribution in [0.2, 0.25) is 11.6 Å². The van der Waals surface area contributed by atoms with E-state index >= 15 is 0 Å². The van der Waals surface area contributed by atoms with Crippen LogP contribution < -0.4 is 11.5 Å². The number of nitrogens with two attached hydrogens (primary N) is 2. The fraction of sp³-hybridized carbons (Fsp3) is 1.00. The van der Waals surface area contributed by atoms with Crippen molar-refractivity contribution >= 4 is 8.56 Å². The molecule has 5 heteroatoms.